The van der Waals surface area contributed by atoms with Crippen LogP contribution < -0.4 is 11.1 Å². The number of benzene rings is 1. The summed E-state index contributed by atoms with van der Waals surface area (Å²) in [5, 5.41) is 12.9. The number of nitrogens with zero attached hydrogens (tertiary/aromatic N) is 1. The highest BCUT2D eigenvalue weighted by atomic mass is 16.3. The van der Waals surface area contributed by atoms with Gasteiger partial charge in [-0.3, -0.25) is 4.99 Å². The van der Waals surface area contributed by atoms with Crippen molar-refractivity contribution >= 4 is 11.6 Å². The summed E-state index contributed by atoms with van der Waals surface area (Å²) in [5.41, 5.74) is 6.66. The molecule has 0 radical (unpaired) electrons. The van der Waals surface area contributed by atoms with Gasteiger partial charge in [-0.1, -0.05) is 44.9 Å². The molecule has 0 heterocycles. The molecule has 0 aliphatic rings. The maximum Gasteiger partial charge on any atom is 0.193 e. The lowest BCUT2D eigenvalue weighted by atomic mass is 9.97. The molecule has 1 aromatic rings. The Bertz CT molecular complexity index is 361. The molecule has 100 valence electrons. The van der Waals surface area contributed by atoms with Gasteiger partial charge in [0.25, 0.3) is 0 Å². The molecule has 18 heavy (non-hydrogen) atoms. The molecule has 0 fully saturated rings. The van der Waals surface area contributed by atoms with E-state index in [1.165, 1.54) is 0 Å². The van der Waals surface area contributed by atoms with Crippen molar-refractivity contribution in [1.82, 2.24) is 0 Å². The van der Waals surface area contributed by atoms with Gasteiger partial charge < -0.3 is 16.2 Å². The molecule has 4 heteroatoms. The van der Waals surface area contributed by atoms with E-state index in [0.717, 1.165) is 18.5 Å². The minimum absolute atomic E-state index is 0.290. The number of nitrogens with one attached hydrogen (secondary N) is 1. The Hall–Kier alpha value is -1.55. The number of aliphatic hydroxyl groups excluding tert-OH is 1. The lowest BCUT2D eigenvalue weighted by Gasteiger charge is -2.18. The van der Waals surface area contributed by atoms with E-state index in [4.69, 9.17) is 5.73 Å². The third-order valence-electron chi connectivity index (χ3n) is 3.09. The van der Waals surface area contributed by atoms with E-state index in [1.54, 1.807) is 0 Å². The van der Waals surface area contributed by atoms with Gasteiger partial charge in [0.1, 0.15) is 0 Å². The van der Waals surface area contributed by atoms with Crippen molar-refractivity contribution in [1.29, 1.82) is 0 Å². The van der Waals surface area contributed by atoms with Crippen LogP contribution in [0.25, 0.3) is 0 Å². The minimum Gasteiger partial charge on any atom is -0.391 e. The Morgan fingerprint density at radius 1 is 1.28 bits per heavy atom. The molecule has 1 unspecified atom stereocenters. The summed E-state index contributed by atoms with van der Waals surface area (Å²) in [6, 6.07) is 9.62. The quantitative estimate of drug-likeness (QED) is 0.534. The van der Waals surface area contributed by atoms with Crippen molar-refractivity contribution in [3.63, 3.8) is 0 Å². The highest BCUT2D eigenvalue weighted by Gasteiger charge is 2.14. The van der Waals surface area contributed by atoms with Crippen LogP contribution in [0.4, 0.5) is 5.69 Å². The first-order valence-corrected chi connectivity index (χ1v) is 6.47. The van der Waals surface area contributed by atoms with E-state index in [9.17, 15) is 5.11 Å². The number of rotatable bonds is 6. The Morgan fingerprint density at radius 2 is 1.89 bits per heavy atom. The molecular formula is C14H23N3O. The van der Waals surface area contributed by atoms with E-state index >= 15 is 0 Å². The number of para-hydroxylation sites is 1. The summed E-state index contributed by atoms with van der Waals surface area (Å²) >= 11 is 0. The first kappa shape index (κ1) is 14.5. The van der Waals surface area contributed by atoms with Gasteiger partial charge in [0, 0.05) is 5.69 Å². The third kappa shape index (κ3) is 4.75. The van der Waals surface area contributed by atoms with Crippen LogP contribution >= 0.6 is 0 Å². The molecule has 1 atom stereocenters. The maximum absolute atomic E-state index is 9.93. The minimum atomic E-state index is -0.420. The Balaban J connectivity index is 2.47. The van der Waals surface area contributed by atoms with Gasteiger partial charge in [0.05, 0.1) is 12.6 Å². The zero-order chi connectivity index (χ0) is 13.4. The SMILES string of the molecule is CCC(CC)C(O)CN=C(N)Nc1ccccc1. The van der Waals surface area contributed by atoms with Crippen LogP contribution in [0, 0.1) is 5.92 Å². The van der Waals surface area contributed by atoms with Crippen molar-refractivity contribution in [3.8, 4) is 0 Å². The molecular weight excluding hydrogens is 226 g/mol. The number of aliphatic imine (C=N–C) groups is 1. The molecule has 0 amide bonds. The normalized spacial score (nSPS) is 13.7. The van der Waals surface area contributed by atoms with Crippen LogP contribution in [-0.2, 0) is 0 Å². The molecule has 4 nitrogen and oxygen atoms in total. The second-order valence-corrected chi connectivity index (χ2v) is 4.36. The fraction of sp³-hybridized carbons (Fsp3) is 0.500. The van der Waals surface area contributed by atoms with Crippen LogP contribution in [0.1, 0.15) is 26.7 Å². The second-order valence-electron chi connectivity index (χ2n) is 4.36. The largest absolute Gasteiger partial charge is 0.391 e. The average Bonchev–Trinajstić information content (AvgIpc) is 2.39. The van der Waals surface area contributed by atoms with Gasteiger partial charge in [0.2, 0.25) is 0 Å². The molecule has 0 bridgehead atoms. The topological polar surface area (TPSA) is 70.6 Å². The van der Waals surface area contributed by atoms with E-state index in [-0.39, 0.29) is 0 Å². The zero-order valence-corrected chi connectivity index (χ0v) is 11.1. The number of hydrogen-bond donors (Lipinski definition) is 3. The van der Waals surface area contributed by atoms with Gasteiger partial charge in [-0.25, -0.2) is 0 Å². The Labute approximate surface area is 109 Å². The predicted molar refractivity (Wildman–Crippen MR) is 76.6 cm³/mol. The van der Waals surface area contributed by atoms with Crippen molar-refractivity contribution in [2.24, 2.45) is 16.6 Å². The molecule has 0 aliphatic heterocycles. The smallest absolute Gasteiger partial charge is 0.193 e. The van der Waals surface area contributed by atoms with Crippen molar-refractivity contribution in [2.45, 2.75) is 32.8 Å². The summed E-state index contributed by atoms with van der Waals surface area (Å²) in [5.74, 6) is 0.629. The molecule has 1 aromatic carbocycles. The van der Waals surface area contributed by atoms with E-state index in [1.807, 2.05) is 30.3 Å². The fourth-order valence-corrected chi connectivity index (χ4v) is 1.88. The molecule has 0 saturated heterocycles. The highest BCUT2D eigenvalue weighted by molar-refractivity contribution is 5.92. The van der Waals surface area contributed by atoms with Crippen LogP contribution in [0.5, 0.6) is 0 Å². The van der Waals surface area contributed by atoms with Gasteiger partial charge in [0.15, 0.2) is 5.96 Å². The van der Waals surface area contributed by atoms with Crippen LogP contribution in [0.2, 0.25) is 0 Å². The zero-order valence-electron chi connectivity index (χ0n) is 11.1. The van der Waals surface area contributed by atoms with E-state index < -0.39 is 6.10 Å². The van der Waals surface area contributed by atoms with Crippen LogP contribution in [-0.4, -0.2) is 23.7 Å². The number of aliphatic hydroxyl groups is 1. The van der Waals surface area contributed by atoms with Crippen LogP contribution in [0.3, 0.4) is 0 Å². The number of anilines is 1. The standard InChI is InChI=1S/C14H23N3O/c1-3-11(4-2)13(18)10-16-14(15)17-12-8-6-5-7-9-12/h5-9,11,13,18H,3-4,10H2,1-2H3,(H3,15,16,17). The molecule has 0 saturated carbocycles. The third-order valence-corrected chi connectivity index (χ3v) is 3.09. The fourth-order valence-electron chi connectivity index (χ4n) is 1.88. The number of guanidine groups is 1. The summed E-state index contributed by atoms with van der Waals surface area (Å²) in [4.78, 5) is 4.17. The predicted octanol–water partition coefficient (Wildman–Crippen LogP) is 2.21. The van der Waals surface area contributed by atoms with Crippen molar-refractivity contribution in [2.75, 3.05) is 11.9 Å². The van der Waals surface area contributed by atoms with Gasteiger partial charge >= 0.3 is 0 Å². The first-order valence-electron chi connectivity index (χ1n) is 6.47. The second kappa shape index (κ2) is 7.71. The summed E-state index contributed by atoms with van der Waals surface area (Å²) in [6.45, 7) is 4.50. The first-order chi connectivity index (χ1) is 8.67. The van der Waals surface area contributed by atoms with Gasteiger partial charge in [-0.15, -0.1) is 0 Å². The Kier molecular flexibility index (Phi) is 6.22. The maximum atomic E-state index is 9.93. The molecule has 0 aliphatic carbocycles. The van der Waals surface area contributed by atoms with E-state index in [2.05, 4.69) is 24.2 Å². The summed E-state index contributed by atoms with van der Waals surface area (Å²) in [6.07, 6.45) is 1.49. The number of hydrogen-bond acceptors (Lipinski definition) is 2. The molecule has 4 N–H and O–H groups in total. The lowest BCUT2D eigenvalue weighted by molar-refractivity contribution is 0.111. The van der Waals surface area contributed by atoms with Crippen molar-refractivity contribution < 1.29 is 5.11 Å². The lowest BCUT2D eigenvalue weighted by Crippen LogP contribution is -2.27. The van der Waals surface area contributed by atoms with Crippen LogP contribution in [0.15, 0.2) is 35.3 Å². The molecule has 0 aromatic heterocycles. The summed E-state index contributed by atoms with van der Waals surface area (Å²) < 4.78 is 0. The summed E-state index contributed by atoms with van der Waals surface area (Å²) in [7, 11) is 0. The highest BCUT2D eigenvalue weighted by Crippen LogP contribution is 2.13. The van der Waals surface area contributed by atoms with Gasteiger partial charge in [-0.2, -0.15) is 0 Å². The van der Waals surface area contributed by atoms with Crippen molar-refractivity contribution in [3.05, 3.63) is 30.3 Å². The molecule has 1 rings (SSSR count). The van der Waals surface area contributed by atoms with E-state index in [0.29, 0.717) is 18.4 Å². The number of nitrogens with two attached hydrogens (primary N) is 1. The average molecular weight is 249 g/mol. The monoisotopic (exact) mass is 249 g/mol. The Morgan fingerprint density at radius 3 is 2.44 bits per heavy atom. The van der Waals surface area contributed by atoms with Gasteiger partial charge in [-0.05, 0) is 18.1 Å². The molecule has 0 spiro atoms.